The number of hydrogen-bond acceptors (Lipinski definition) is 1. The third kappa shape index (κ3) is 3.11. The minimum absolute atomic E-state index is 0.346. The molecule has 0 N–H and O–H groups in total. The summed E-state index contributed by atoms with van der Waals surface area (Å²) in [4.78, 5) is 0.346. The molecule has 1 aromatic rings. The van der Waals surface area contributed by atoms with E-state index in [4.69, 9.17) is 4.74 Å². The monoisotopic (exact) mass is 376 g/mol. The molecule has 0 spiro atoms. The Balaban J connectivity index is 3.37. The molecule has 1 rings (SSSR count). The van der Waals surface area contributed by atoms with Crippen molar-refractivity contribution in [2.75, 3.05) is 7.11 Å². The summed E-state index contributed by atoms with van der Waals surface area (Å²) < 4.78 is 6.78. The maximum Gasteiger partial charge on any atom is 0.126 e. The van der Waals surface area contributed by atoms with Gasteiger partial charge in [0.25, 0.3) is 0 Å². The predicted molar refractivity (Wildman–Crippen MR) is 85.9 cm³/mol. The van der Waals surface area contributed by atoms with E-state index in [9.17, 15) is 0 Å². The van der Waals surface area contributed by atoms with Crippen LogP contribution in [0.2, 0.25) is 0 Å². The molecule has 0 radical (unpaired) electrons. The number of benzene rings is 1. The van der Waals surface area contributed by atoms with Crippen molar-refractivity contribution in [3.63, 3.8) is 0 Å². The average molecular weight is 378 g/mol. The second-order valence-corrected chi connectivity index (χ2v) is 6.57. The van der Waals surface area contributed by atoms with Crippen molar-refractivity contribution in [1.82, 2.24) is 0 Å². The third-order valence-corrected chi connectivity index (χ3v) is 5.68. The lowest BCUT2D eigenvalue weighted by molar-refractivity contribution is 0.396. The molecule has 0 fully saturated rings. The van der Waals surface area contributed by atoms with Crippen molar-refractivity contribution in [3.05, 3.63) is 27.2 Å². The lowest BCUT2D eigenvalue weighted by Gasteiger charge is -2.25. The van der Waals surface area contributed by atoms with Crippen LogP contribution in [0.4, 0.5) is 0 Å². The quantitative estimate of drug-likeness (QED) is 0.576. The van der Waals surface area contributed by atoms with Gasteiger partial charge in [0, 0.05) is 14.9 Å². The van der Waals surface area contributed by atoms with Gasteiger partial charge in [-0.2, -0.15) is 0 Å². The van der Waals surface area contributed by atoms with Gasteiger partial charge in [0.2, 0.25) is 0 Å². The highest BCUT2D eigenvalue weighted by molar-refractivity contribution is 9.10. The van der Waals surface area contributed by atoms with E-state index in [1.54, 1.807) is 7.11 Å². The molecule has 0 bridgehead atoms. The van der Waals surface area contributed by atoms with E-state index < -0.39 is 0 Å². The number of hydrogen-bond donors (Lipinski definition) is 0. The van der Waals surface area contributed by atoms with Crippen molar-refractivity contribution in [1.29, 1.82) is 0 Å². The van der Waals surface area contributed by atoms with Gasteiger partial charge >= 0.3 is 0 Å². The zero-order valence-corrected chi connectivity index (χ0v) is 15.0. The smallest absolute Gasteiger partial charge is 0.126 e. The van der Waals surface area contributed by atoms with E-state index in [0.29, 0.717) is 10.7 Å². The van der Waals surface area contributed by atoms with Crippen LogP contribution in [0, 0.1) is 19.8 Å². The Morgan fingerprint density at radius 3 is 2.22 bits per heavy atom. The van der Waals surface area contributed by atoms with E-state index in [1.165, 1.54) is 29.5 Å². The molecule has 0 amide bonds. The molecular formula is C15H22Br2O. The molecule has 0 aliphatic carbocycles. The Morgan fingerprint density at radius 2 is 1.78 bits per heavy atom. The van der Waals surface area contributed by atoms with Crippen LogP contribution in [0.15, 0.2) is 10.5 Å². The van der Waals surface area contributed by atoms with Crippen LogP contribution >= 0.6 is 31.9 Å². The summed E-state index contributed by atoms with van der Waals surface area (Å²) in [6.45, 7) is 8.74. The lowest BCUT2D eigenvalue weighted by atomic mass is 9.90. The Hall–Kier alpha value is -0.0200. The molecule has 0 heterocycles. The fourth-order valence-corrected chi connectivity index (χ4v) is 4.27. The van der Waals surface area contributed by atoms with Crippen molar-refractivity contribution in [2.45, 2.75) is 45.4 Å². The second kappa shape index (κ2) is 6.95. The van der Waals surface area contributed by atoms with E-state index in [-0.39, 0.29) is 0 Å². The molecule has 0 saturated heterocycles. The van der Waals surface area contributed by atoms with Crippen LogP contribution in [0.25, 0.3) is 0 Å². The molecule has 1 aromatic carbocycles. The topological polar surface area (TPSA) is 9.23 Å². The first-order valence-corrected chi connectivity index (χ1v) is 8.16. The van der Waals surface area contributed by atoms with Crippen LogP contribution in [0.1, 0.15) is 48.2 Å². The fourth-order valence-electron chi connectivity index (χ4n) is 2.42. The molecular weight excluding hydrogens is 356 g/mol. The summed E-state index contributed by atoms with van der Waals surface area (Å²) in [5.74, 6) is 1.65. The number of alkyl halides is 1. The van der Waals surface area contributed by atoms with Gasteiger partial charge in [-0.3, -0.25) is 0 Å². The number of ether oxygens (including phenoxy) is 1. The Kier molecular flexibility index (Phi) is 6.19. The average Bonchev–Trinajstić information content (AvgIpc) is 2.34. The van der Waals surface area contributed by atoms with E-state index in [1.807, 2.05) is 0 Å². The van der Waals surface area contributed by atoms with Gasteiger partial charge in [0.15, 0.2) is 0 Å². The molecule has 1 unspecified atom stereocenters. The van der Waals surface area contributed by atoms with Crippen molar-refractivity contribution in [2.24, 2.45) is 5.92 Å². The molecule has 102 valence electrons. The largest absolute Gasteiger partial charge is 0.496 e. The second-order valence-electron chi connectivity index (χ2n) is 4.73. The molecule has 0 aliphatic heterocycles. The Morgan fingerprint density at radius 1 is 1.22 bits per heavy atom. The summed E-state index contributed by atoms with van der Waals surface area (Å²) in [5, 5.41) is 0. The van der Waals surface area contributed by atoms with Gasteiger partial charge in [-0.15, -0.1) is 0 Å². The first-order valence-electron chi connectivity index (χ1n) is 6.45. The SMILES string of the molecule is CCC(CC)C(Br)c1c(C)c(Br)cc(C)c1OC. The van der Waals surface area contributed by atoms with Gasteiger partial charge in [-0.05, 0) is 37.0 Å². The highest BCUT2D eigenvalue weighted by atomic mass is 79.9. The van der Waals surface area contributed by atoms with Crippen LogP contribution < -0.4 is 4.74 Å². The first kappa shape index (κ1) is 16.0. The highest BCUT2D eigenvalue weighted by Gasteiger charge is 2.24. The Bertz CT molecular complexity index is 411. The summed E-state index contributed by atoms with van der Waals surface area (Å²) in [5.41, 5.74) is 3.74. The minimum atomic E-state index is 0.346. The highest BCUT2D eigenvalue weighted by Crippen LogP contribution is 2.44. The van der Waals surface area contributed by atoms with Crippen LogP contribution in [0.3, 0.4) is 0 Å². The molecule has 0 aromatic heterocycles. The molecule has 0 aliphatic rings. The van der Waals surface area contributed by atoms with Gasteiger partial charge < -0.3 is 4.74 Å². The number of methoxy groups -OCH3 is 1. The van der Waals surface area contributed by atoms with E-state index in [0.717, 1.165) is 10.2 Å². The maximum atomic E-state index is 5.62. The number of aryl methyl sites for hydroxylation is 1. The van der Waals surface area contributed by atoms with Crippen LogP contribution in [-0.4, -0.2) is 7.11 Å². The van der Waals surface area contributed by atoms with Crippen molar-refractivity contribution in [3.8, 4) is 5.75 Å². The minimum Gasteiger partial charge on any atom is -0.496 e. The van der Waals surface area contributed by atoms with Crippen molar-refractivity contribution < 1.29 is 4.74 Å². The fraction of sp³-hybridized carbons (Fsp3) is 0.600. The van der Waals surface area contributed by atoms with Crippen molar-refractivity contribution >= 4 is 31.9 Å². The lowest BCUT2D eigenvalue weighted by Crippen LogP contribution is -2.10. The maximum absolute atomic E-state index is 5.62. The summed E-state index contributed by atoms with van der Waals surface area (Å²) >= 11 is 7.53. The summed E-state index contributed by atoms with van der Waals surface area (Å²) in [6.07, 6.45) is 2.33. The molecule has 18 heavy (non-hydrogen) atoms. The predicted octanol–water partition coefficient (Wildman–Crippen LogP) is 5.95. The van der Waals surface area contributed by atoms with E-state index in [2.05, 4.69) is 65.6 Å². The van der Waals surface area contributed by atoms with Crippen LogP contribution in [0.5, 0.6) is 5.75 Å². The van der Waals surface area contributed by atoms with Crippen LogP contribution in [-0.2, 0) is 0 Å². The third-order valence-electron chi connectivity index (χ3n) is 3.65. The van der Waals surface area contributed by atoms with E-state index >= 15 is 0 Å². The van der Waals surface area contributed by atoms with Gasteiger partial charge in [0.1, 0.15) is 5.75 Å². The zero-order valence-electron chi connectivity index (χ0n) is 11.8. The summed E-state index contributed by atoms with van der Waals surface area (Å²) in [7, 11) is 1.76. The standard InChI is InChI=1S/C15H22Br2O/c1-6-11(7-2)14(17)13-10(4)12(16)8-9(3)15(13)18-5/h8,11,14H,6-7H2,1-5H3. The zero-order chi connectivity index (χ0) is 13.9. The Labute approximate surface area is 128 Å². The molecule has 1 atom stereocenters. The normalized spacial score (nSPS) is 12.9. The van der Waals surface area contributed by atoms with Gasteiger partial charge in [0.05, 0.1) is 7.11 Å². The first-order chi connectivity index (χ1) is 8.47. The van der Waals surface area contributed by atoms with Gasteiger partial charge in [-0.25, -0.2) is 0 Å². The molecule has 3 heteroatoms. The molecule has 1 nitrogen and oxygen atoms in total. The molecule has 0 saturated carbocycles. The van der Waals surface area contributed by atoms with Gasteiger partial charge in [-0.1, -0.05) is 58.5 Å². The summed E-state index contributed by atoms with van der Waals surface area (Å²) in [6, 6.07) is 2.13. The number of rotatable bonds is 5. The number of halogens is 2.